The summed E-state index contributed by atoms with van der Waals surface area (Å²) in [6.07, 6.45) is 3.28. The van der Waals surface area contributed by atoms with Crippen molar-refractivity contribution in [3.8, 4) is 12.1 Å². The van der Waals surface area contributed by atoms with Crippen molar-refractivity contribution in [1.82, 2.24) is 15.6 Å². The first kappa shape index (κ1) is 24.9. The first-order valence-corrected chi connectivity index (χ1v) is 12.2. The van der Waals surface area contributed by atoms with Crippen molar-refractivity contribution in [2.24, 2.45) is 0 Å². The third-order valence-electron chi connectivity index (χ3n) is 6.69. The normalized spacial score (nSPS) is 17.6. The monoisotopic (exact) mass is 478 g/mol. The summed E-state index contributed by atoms with van der Waals surface area (Å²) in [7, 11) is 2.10. The first-order chi connectivity index (χ1) is 17.5. The van der Waals surface area contributed by atoms with Gasteiger partial charge < -0.3 is 15.5 Å². The highest BCUT2D eigenvalue weighted by Gasteiger charge is 2.33. The maximum absolute atomic E-state index is 12.7. The lowest BCUT2D eigenvalue weighted by atomic mass is 9.83. The molecule has 0 spiro atoms. The molecule has 36 heavy (non-hydrogen) atoms. The Bertz CT molecular complexity index is 1260. The van der Waals surface area contributed by atoms with E-state index in [0.717, 1.165) is 24.9 Å². The van der Waals surface area contributed by atoms with E-state index in [4.69, 9.17) is 5.26 Å². The first-order valence-electron chi connectivity index (χ1n) is 12.2. The van der Waals surface area contributed by atoms with Gasteiger partial charge in [0.05, 0.1) is 17.2 Å². The fourth-order valence-corrected chi connectivity index (χ4v) is 4.82. The zero-order chi connectivity index (χ0) is 25.5. The molecular formula is C29H30N6O. The molecule has 7 nitrogen and oxygen atoms in total. The fraction of sp³-hybridized carbons (Fsp3) is 0.310. The number of hydrogen-bond donors (Lipinski definition) is 2. The summed E-state index contributed by atoms with van der Waals surface area (Å²) in [4.78, 5) is 19.0. The van der Waals surface area contributed by atoms with Crippen LogP contribution in [0.3, 0.4) is 0 Å². The summed E-state index contributed by atoms with van der Waals surface area (Å²) in [6.45, 7) is 3.83. The molecule has 182 valence electrons. The number of nitriles is 2. The highest BCUT2D eigenvalue weighted by molar-refractivity contribution is 5.94. The largest absolute Gasteiger partial charge is 0.375 e. The van der Waals surface area contributed by atoms with E-state index >= 15 is 0 Å². The van der Waals surface area contributed by atoms with Gasteiger partial charge in [-0.3, -0.25) is 4.79 Å². The van der Waals surface area contributed by atoms with Crippen molar-refractivity contribution in [3.05, 3.63) is 94.8 Å². The van der Waals surface area contributed by atoms with Crippen molar-refractivity contribution < 1.29 is 4.79 Å². The van der Waals surface area contributed by atoms with Crippen molar-refractivity contribution in [2.45, 2.75) is 37.8 Å². The average molecular weight is 479 g/mol. The van der Waals surface area contributed by atoms with Gasteiger partial charge in [0.2, 0.25) is 0 Å². The van der Waals surface area contributed by atoms with E-state index in [9.17, 15) is 10.1 Å². The van der Waals surface area contributed by atoms with Gasteiger partial charge in [-0.05, 0) is 60.4 Å². The number of hydrogen-bond acceptors (Lipinski definition) is 6. The van der Waals surface area contributed by atoms with Crippen molar-refractivity contribution >= 4 is 11.6 Å². The minimum Gasteiger partial charge on any atom is -0.375 e. The Balaban J connectivity index is 1.53. The van der Waals surface area contributed by atoms with Gasteiger partial charge in [0.15, 0.2) is 0 Å². The van der Waals surface area contributed by atoms with Crippen LogP contribution < -0.4 is 15.5 Å². The number of rotatable bonds is 8. The van der Waals surface area contributed by atoms with Crippen LogP contribution in [0.4, 0.5) is 5.69 Å². The van der Waals surface area contributed by atoms with Gasteiger partial charge in [-0.15, -0.1) is 0 Å². The predicted molar refractivity (Wildman–Crippen MR) is 140 cm³/mol. The molecule has 1 aliphatic heterocycles. The molecule has 0 radical (unpaired) electrons. The Labute approximate surface area is 212 Å². The second kappa shape index (κ2) is 11.5. The quantitative estimate of drug-likeness (QED) is 0.508. The van der Waals surface area contributed by atoms with Gasteiger partial charge in [-0.2, -0.15) is 10.5 Å². The second-order valence-electron chi connectivity index (χ2n) is 9.19. The summed E-state index contributed by atoms with van der Waals surface area (Å²) >= 11 is 0. The SMILES string of the molecule is CCCN(C)c1ccc(C(c2ccc(C#N)cc2)C2CC(NC(=O)c3ccc(C#N)nc3)CN2)cc1. The molecule has 1 aliphatic rings. The Morgan fingerprint density at radius 3 is 2.36 bits per heavy atom. The predicted octanol–water partition coefficient (Wildman–Crippen LogP) is 3.96. The second-order valence-corrected chi connectivity index (χ2v) is 9.19. The molecule has 1 saturated heterocycles. The smallest absolute Gasteiger partial charge is 0.253 e. The standard InChI is InChI=1S/C29H30N6O/c1-3-14-35(2)26-12-9-22(10-13-26)28(21-6-4-20(16-30)5-7-21)27-15-25(19-33-27)34-29(36)23-8-11-24(17-31)32-18-23/h4-13,18,25,27-28,33H,3,14-15,19H2,1-2H3,(H,34,36). The van der Waals surface area contributed by atoms with Crippen LogP contribution in [-0.4, -0.2) is 43.1 Å². The van der Waals surface area contributed by atoms with E-state index in [2.05, 4.69) is 64.8 Å². The number of carbonyl (C=O) groups is 1. The molecule has 0 saturated carbocycles. The molecule has 1 fully saturated rings. The summed E-state index contributed by atoms with van der Waals surface area (Å²) in [5, 5.41) is 24.9. The van der Waals surface area contributed by atoms with Crippen LogP contribution in [0.1, 0.15) is 58.4 Å². The van der Waals surface area contributed by atoms with E-state index in [1.807, 2.05) is 30.3 Å². The van der Waals surface area contributed by atoms with Gasteiger partial charge in [0, 0.05) is 50.0 Å². The van der Waals surface area contributed by atoms with E-state index in [-0.39, 0.29) is 29.6 Å². The Morgan fingerprint density at radius 2 is 1.78 bits per heavy atom. The zero-order valence-electron chi connectivity index (χ0n) is 20.6. The number of aromatic nitrogens is 1. The number of nitrogens with zero attached hydrogens (tertiary/aromatic N) is 4. The lowest BCUT2D eigenvalue weighted by Crippen LogP contribution is -2.36. The van der Waals surface area contributed by atoms with Crippen molar-refractivity contribution in [1.29, 1.82) is 10.5 Å². The summed E-state index contributed by atoms with van der Waals surface area (Å²) in [5.74, 6) is -0.126. The minimum atomic E-state index is -0.197. The van der Waals surface area contributed by atoms with Crippen LogP contribution in [-0.2, 0) is 0 Å². The fourth-order valence-electron chi connectivity index (χ4n) is 4.82. The third-order valence-corrected chi connectivity index (χ3v) is 6.69. The highest BCUT2D eigenvalue weighted by Crippen LogP contribution is 2.33. The molecule has 2 aromatic carbocycles. The average Bonchev–Trinajstić information content (AvgIpc) is 3.37. The summed E-state index contributed by atoms with van der Waals surface area (Å²) < 4.78 is 0. The maximum Gasteiger partial charge on any atom is 0.253 e. The molecule has 2 heterocycles. The van der Waals surface area contributed by atoms with Crippen LogP contribution >= 0.6 is 0 Å². The molecule has 3 unspecified atom stereocenters. The number of carbonyl (C=O) groups excluding carboxylic acids is 1. The van der Waals surface area contributed by atoms with Crippen LogP contribution in [0.2, 0.25) is 0 Å². The topological polar surface area (TPSA) is 105 Å². The third kappa shape index (κ3) is 5.71. The van der Waals surface area contributed by atoms with Crippen LogP contribution in [0.25, 0.3) is 0 Å². The molecular weight excluding hydrogens is 448 g/mol. The van der Waals surface area contributed by atoms with Gasteiger partial charge in [0.1, 0.15) is 11.8 Å². The molecule has 3 aromatic rings. The Morgan fingerprint density at radius 1 is 1.08 bits per heavy atom. The molecule has 7 heteroatoms. The van der Waals surface area contributed by atoms with E-state index in [1.54, 1.807) is 12.1 Å². The highest BCUT2D eigenvalue weighted by atomic mass is 16.1. The van der Waals surface area contributed by atoms with E-state index in [1.165, 1.54) is 17.4 Å². The molecule has 2 N–H and O–H groups in total. The minimum absolute atomic E-state index is 0.0333. The number of anilines is 1. The molecule has 1 aromatic heterocycles. The van der Waals surface area contributed by atoms with Gasteiger partial charge in [0.25, 0.3) is 5.91 Å². The lowest BCUT2D eigenvalue weighted by Gasteiger charge is -2.26. The van der Waals surface area contributed by atoms with Crippen LogP contribution in [0, 0.1) is 22.7 Å². The Kier molecular flexibility index (Phi) is 7.95. The molecule has 4 rings (SSSR count). The molecule has 0 bridgehead atoms. The van der Waals surface area contributed by atoms with Crippen LogP contribution in [0.5, 0.6) is 0 Å². The molecule has 3 atom stereocenters. The number of benzene rings is 2. The molecule has 1 amide bonds. The zero-order valence-corrected chi connectivity index (χ0v) is 20.6. The molecule has 0 aliphatic carbocycles. The number of nitrogens with one attached hydrogen (secondary N) is 2. The van der Waals surface area contributed by atoms with E-state index in [0.29, 0.717) is 17.7 Å². The van der Waals surface area contributed by atoms with Crippen LogP contribution in [0.15, 0.2) is 66.9 Å². The number of pyridine rings is 1. The van der Waals surface area contributed by atoms with Gasteiger partial charge in [-0.1, -0.05) is 31.2 Å². The van der Waals surface area contributed by atoms with Gasteiger partial charge in [-0.25, -0.2) is 4.98 Å². The maximum atomic E-state index is 12.7. The lowest BCUT2D eigenvalue weighted by molar-refractivity contribution is 0.0939. The van der Waals surface area contributed by atoms with Gasteiger partial charge >= 0.3 is 0 Å². The summed E-state index contributed by atoms with van der Waals surface area (Å²) in [6, 6.07) is 23.9. The van der Waals surface area contributed by atoms with Crippen molar-refractivity contribution in [3.63, 3.8) is 0 Å². The summed E-state index contributed by atoms with van der Waals surface area (Å²) in [5.41, 5.74) is 4.85. The number of amides is 1. The van der Waals surface area contributed by atoms with E-state index < -0.39 is 0 Å². The van der Waals surface area contributed by atoms with Crippen molar-refractivity contribution in [2.75, 3.05) is 25.0 Å². The Hall–Kier alpha value is -4.20.